The van der Waals surface area contributed by atoms with Gasteiger partial charge in [0, 0.05) is 12.7 Å². The highest BCUT2D eigenvalue weighted by atomic mass is 16.1. The highest BCUT2D eigenvalue weighted by molar-refractivity contribution is 5.91. The van der Waals surface area contributed by atoms with Gasteiger partial charge in [0.15, 0.2) is 0 Å². The molecule has 0 spiro atoms. The van der Waals surface area contributed by atoms with Gasteiger partial charge < -0.3 is 5.32 Å². The van der Waals surface area contributed by atoms with Crippen molar-refractivity contribution in [3.05, 3.63) is 29.6 Å². The molecule has 3 heteroatoms. The highest BCUT2D eigenvalue weighted by Crippen LogP contribution is 2.01. The molecule has 15 heavy (non-hydrogen) atoms. The Morgan fingerprint density at radius 3 is 2.60 bits per heavy atom. The lowest BCUT2D eigenvalue weighted by Gasteiger charge is -2.01. The molecule has 0 unspecified atom stereocenters. The second-order valence-electron chi connectivity index (χ2n) is 2.84. The molecule has 0 aliphatic carbocycles. The van der Waals surface area contributed by atoms with Gasteiger partial charge in [-0.1, -0.05) is 33.3 Å². The first kappa shape index (κ1) is 13.6. The summed E-state index contributed by atoms with van der Waals surface area (Å²) < 4.78 is 0. The number of rotatable bonds is 3. The van der Waals surface area contributed by atoms with Crippen molar-refractivity contribution >= 4 is 5.91 Å². The zero-order valence-electron chi connectivity index (χ0n) is 10.0. The van der Waals surface area contributed by atoms with Crippen LogP contribution in [0.5, 0.6) is 0 Å². The molecule has 0 aliphatic rings. The molecule has 1 N–H and O–H groups in total. The predicted octanol–water partition coefficient (Wildman–Crippen LogP) is 2.42. The minimum atomic E-state index is -0.127. The summed E-state index contributed by atoms with van der Waals surface area (Å²) in [4.78, 5) is 15.4. The molecule has 1 aromatic heterocycles. The number of carbonyl (C=O) groups excluding carboxylic acids is 1. The molecule has 1 rings (SSSR count). The van der Waals surface area contributed by atoms with Crippen LogP contribution in [0.25, 0.3) is 0 Å². The second kappa shape index (κ2) is 7.97. The lowest BCUT2D eigenvalue weighted by atomic mass is 10.2. The quantitative estimate of drug-likeness (QED) is 0.829. The average molecular weight is 208 g/mol. The molecule has 3 nitrogen and oxygen atoms in total. The highest BCUT2D eigenvalue weighted by Gasteiger charge is 2.04. The molecule has 0 atom stereocenters. The van der Waals surface area contributed by atoms with Crippen molar-refractivity contribution in [2.24, 2.45) is 0 Å². The van der Waals surface area contributed by atoms with E-state index in [0.29, 0.717) is 5.69 Å². The van der Waals surface area contributed by atoms with Gasteiger partial charge in [-0.05, 0) is 18.6 Å². The van der Waals surface area contributed by atoms with Gasteiger partial charge in [-0.15, -0.1) is 0 Å². The third-order valence-corrected chi connectivity index (χ3v) is 1.77. The Bertz CT molecular complexity index is 297. The van der Waals surface area contributed by atoms with Crippen molar-refractivity contribution in [3.8, 4) is 0 Å². The molecule has 0 bridgehead atoms. The summed E-state index contributed by atoms with van der Waals surface area (Å²) >= 11 is 0. The van der Waals surface area contributed by atoms with Gasteiger partial charge >= 0.3 is 0 Å². The van der Waals surface area contributed by atoms with E-state index < -0.39 is 0 Å². The standard InChI is InChI=1S/C10H14N2O.C2H6/c1-3-5-8-6-4-7-9(12-8)10(13)11-2;1-2/h4,6-7H,3,5H2,1-2H3,(H,11,13);1-2H3. The van der Waals surface area contributed by atoms with Crippen LogP contribution >= 0.6 is 0 Å². The van der Waals surface area contributed by atoms with E-state index in [4.69, 9.17) is 0 Å². The van der Waals surface area contributed by atoms with Gasteiger partial charge in [-0.3, -0.25) is 4.79 Å². The van der Waals surface area contributed by atoms with Crippen LogP contribution in [0.4, 0.5) is 0 Å². The molecule has 0 saturated carbocycles. The van der Waals surface area contributed by atoms with E-state index in [0.717, 1.165) is 18.5 Å². The largest absolute Gasteiger partial charge is 0.354 e. The summed E-state index contributed by atoms with van der Waals surface area (Å²) in [7, 11) is 1.61. The lowest BCUT2D eigenvalue weighted by molar-refractivity contribution is 0.0958. The van der Waals surface area contributed by atoms with E-state index in [-0.39, 0.29) is 5.91 Å². The van der Waals surface area contributed by atoms with Gasteiger partial charge in [0.2, 0.25) is 0 Å². The molecule has 0 aromatic carbocycles. The average Bonchev–Trinajstić information content (AvgIpc) is 2.31. The summed E-state index contributed by atoms with van der Waals surface area (Å²) in [6.45, 7) is 6.09. The number of amides is 1. The first-order valence-electron chi connectivity index (χ1n) is 5.46. The third kappa shape index (κ3) is 4.58. The molecular formula is C12H20N2O. The number of hydrogen-bond donors (Lipinski definition) is 1. The van der Waals surface area contributed by atoms with E-state index in [1.165, 1.54) is 0 Å². The lowest BCUT2D eigenvalue weighted by Crippen LogP contribution is -2.19. The number of nitrogens with zero attached hydrogens (tertiary/aromatic N) is 1. The molecule has 0 fully saturated rings. The van der Waals surface area contributed by atoms with Crippen molar-refractivity contribution in [3.63, 3.8) is 0 Å². The topological polar surface area (TPSA) is 42.0 Å². The van der Waals surface area contributed by atoms with Crippen molar-refractivity contribution in [1.29, 1.82) is 0 Å². The van der Waals surface area contributed by atoms with E-state index >= 15 is 0 Å². The monoisotopic (exact) mass is 208 g/mol. The summed E-state index contributed by atoms with van der Waals surface area (Å²) in [5, 5.41) is 2.55. The molecular weight excluding hydrogens is 188 g/mol. The van der Waals surface area contributed by atoms with Gasteiger partial charge in [-0.25, -0.2) is 4.98 Å². The Balaban J connectivity index is 0.000000921. The van der Waals surface area contributed by atoms with E-state index in [1.54, 1.807) is 13.1 Å². The number of hydrogen-bond acceptors (Lipinski definition) is 2. The van der Waals surface area contributed by atoms with Crippen LogP contribution in [-0.4, -0.2) is 17.9 Å². The first-order valence-corrected chi connectivity index (χ1v) is 5.46. The zero-order chi connectivity index (χ0) is 11.7. The van der Waals surface area contributed by atoms with E-state index in [1.807, 2.05) is 26.0 Å². The minimum Gasteiger partial charge on any atom is -0.354 e. The summed E-state index contributed by atoms with van der Waals surface area (Å²) in [5.41, 5.74) is 1.47. The van der Waals surface area contributed by atoms with Crippen molar-refractivity contribution < 1.29 is 4.79 Å². The maximum atomic E-state index is 11.2. The fraction of sp³-hybridized carbons (Fsp3) is 0.500. The summed E-state index contributed by atoms with van der Waals surface area (Å²) in [5.74, 6) is -0.127. The molecule has 1 amide bonds. The molecule has 1 aromatic rings. The van der Waals surface area contributed by atoms with Crippen molar-refractivity contribution in [2.75, 3.05) is 7.05 Å². The van der Waals surface area contributed by atoms with Crippen LogP contribution in [0.3, 0.4) is 0 Å². The molecule has 0 saturated heterocycles. The van der Waals surface area contributed by atoms with Gasteiger partial charge in [0.05, 0.1) is 0 Å². The zero-order valence-corrected chi connectivity index (χ0v) is 10.0. The molecule has 84 valence electrons. The minimum absolute atomic E-state index is 0.127. The van der Waals surface area contributed by atoms with Crippen LogP contribution < -0.4 is 5.32 Å². The maximum Gasteiger partial charge on any atom is 0.269 e. The van der Waals surface area contributed by atoms with Gasteiger partial charge in [0.1, 0.15) is 5.69 Å². The van der Waals surface area contributed by atoms with Crippen molar-refractivity contribution in [2.45, 2.75) is 33.6 Å². The second-order valence-corrected chi connectivity index (χ2v) is 2.84. The van der Waals surface area contributed by atoms with Crippen LogP contribution in [-0.2, 0) is 6.42 Å². The normalized spacial score (nSPS) is 8.80. The Hall–Kier alpha value is -1.38. The van der Waals surface area contributed by atoms with Crippen LogP contribution in [0.15, 0.2) is 18.2 Å². The first-order chi connectivity index (χ1) is 7.27. The predicted molar refractivity (Wildman–Crippen MR) is 63.0 cm³/mol. The van der Waals surface area contributed by atoms with Gasteiger partial charge in [-0.2, -0.15) is 0 Å². The van der Waals surface area contributed by atoms with Crippen molar-refractivity contribution in [1.82, 2.24) is 10.3 Å². The SMILES string of the molecule is CC.CCCc1cccc(C(=O)NC)n1. The number of aryl methyl sites for hydroxylation is 1. The fourth-order valence-corrected chi connectivity index (χ4v) is 1.13. The number of carbonyl (C=O) groups is 1. The number of aromatic nitrogens is 1. The van der Waals surface area contributed by atoms with Crippen LogP contribution in [0.2, 0.25) is 0 Å². The Morgan fingerprint density at radius 2 is 2.07 bits per heavy atom. The molecule has 0 radical (unpaired) electrons. The number of nitrogens with one attached hydrogen (secondary N) is 1. The Kier molecular flexibility index (Phi) is 7.24. The van der Waals surface area contributed by atoms with E-state index in [9.17, 15) is 4.79 Å². The number of pyridine rings is 1. The smallest absolute Gasteiger partial charge is 0.269 e. The summed E-state index contributed by atoms with van der Waals surface area (Å²) in [6.07, 6.45) is 1.97. The van der Waals surface area contributed by atoms with Crippen LogP contribution in [0.1, 0.15) is 43.4 Å². The van der Waals surface area contributed by atoms with Gasteiger partial charge in [0.25, 0.3) is 5.91 Å². The fourth-order valence-electron chi connectivity index (χ4n) is 1.13. The molecule has 1 heterocycles. The Morgan fingerprint density at radius 1 is 1.40 bits per heavy atom. The van der Waals surface area contributed by atoms with Crippen LogP contribution in [0, 0.1) is 0 Å². The van der Waals surface area contributed by atoms with E-state index in [2.05, 4.69) is 17.2 Å². The summed E-state index contributed by atoms with van der Waals surface area (Å²) in [6, 6.07) is 5.52. The molecule has 0 aliphatic heterocycles. The Labute approximate surface area is 91.9 Å². The third-order valence-electron chi connectivity index (χ3n) is 1.77. The maximum absolute atomic E-state index is 11.2.